The third-order valence-electron chi connectivity index (χ3n) is 2.21. The molecule has 2 N–H and O–H groups in total. The molecular weight excluding hydrogens is 276 g/mol. The van der Waals surface area contributed by atoms with E-state index < -0.39 is 22.0 Å². The minimum absolute atomic E-state index is 0.128. The van der Waals surface area contributed by atoms with E-state index in [0.717, 1.165) is 16.0 Å². The Morgan fingerprint density at radius 2 is 2.11 bits per heavy atom. The highest BCUT2D eigenvalue weighted by molar-refractivity contribution is 7.91. The van der Waals surface area contributed by atoms with Crippen LogP contribution >= 0.6 is 11.3 Å². The number of benzene rings is 1. The van der Waals surface area contributed by atoms with Crippen LogP contribution in [0.15, 0.2) is 28.6 Å². The van der Waals surface area contributed by atoms with E-state index in [1.54, 1.807) is 24.3 Å². The molecule has 0 bridgehead atoms. The lowest BCUT2D eigenvalue weighted by Crippen LogP contribution is -2.38. The van der Waals surface area contributed by atoms with Crippen molar-refractivity contribution in [1.82, 2.24) is 9.71 Å². The van der Waals surface area contributed by atoms with Gasteiger partial charge in [0.2, 0.25) is 4.34 Å². The molecule has 0 aliphatic rings. The number of fused-ring (bicyclic) bond motifs is 1. The first-order valence-corrected chi connectivity index (χ1v) is 7.31. The molecule has 1 aromatic heterocycles. The molecule has 0 aliphatic carbocycles. The Balaban J connectivity index is 2.38. The maximum atomic E-state index is 11.9. The first-order valence-electron chi connectivity index (χ1n) is 5.01. The number of thiazole rings is 1. The summed E-state index contributed by atoms with van der Waals surface area (Å²) in [6, 6.07) is 5.80. The van der Waals surface area contributed by atoms with E-state index in [1.165, 1.54) is 6.92 Å². The SMILES string of the molecule is C[C@@H](NS(=O)(=O)c1nc2ccccc2s1)C(=O)O. The van der Waals surface area contributed by atoms with Crippen molar-refractivity contribution < 1.29 is 18.3 Å². The minimum atomic E-state index is -3.89. The van der Waals surface area contributed by atoms with Crippen molar-refractivity contribution in [2.45, 2.75) is 17.3 Å². The molecule has 6 nitrogen and oxygen atoms in total. The molecule has 18 heavy (non-hydrogen) atoms. The molecule has 2 aromatic rings. The molecule has 0 amide bonds. The Labute approximate surface area is 107 Å². The molecule has 0 unspecified atom stereocenters. The van der Waals surface area contributed by atoms with Gasteiger partial charge in [-0.05, 0) is 19.1 Å². The molecule has 0 aliphatic heterocycles. The Kier molecular flexibility index (Phi) is 3.33. The van der Waals surface area contributed by atoms with Gasteiger partial charge >= 0.3 is 5.97 Å². The van der Waals surface area contributed by atoms with Crippen LogP contribution < -0.4 is 4.72 Å². The van der Waals surface area contributed by atoms with E-state index in [9.17, 15) is 13.2 Å². The Hall–Kier alpha value is -1.51. The van der Waals surface area contributed by atoms with Crippen molar-refractivity contribution in [2.75, 3.05) is 0 Å². The van der Waals surface area contributed by atoms with Gasteiger partial charge in [0.15, 0.2) is 0 Å². The van der Waals surface area contributed by atoms with Crippen molar-refractivity contribution in [2.24, 2.45) is 0 Å². The highest BCUT2D eigenvalue weighted by atomic mass is 32.2. The summed E-state index contributed by atoms with van der Waals surface area (Å²) in [6.45, 7) is 1.26. The van der Waals surface area contributed by atoms with Gasteiger partial charge in [0.25, 0.3) is 10.0 Å². The molecule has 1 atom stereocenters. The number of sulfonamides is 1. The highest BCUT2D eigenvalue weighted by Gasteiger charge is 2.24. The van der Waals surface area contributed by atoms with Gasteiger partial charge < -0.3 is 5.11 Å². The lowest BCUT2D eigenvalue weighted by atomic mass is 10.3. The standard InChI is InChI=1S/C10H10N2O4S2/c1-6(9(13)14)12-18(15,16)10-11-7-4-2-3-5-8(7)17-10/h2-6,12H,1H3,(H,13,14)/t6-/m1/s1. The average Bonchev–Trinajstić information content (AvgIpc) is 2.72. The Morgan fingerprint density at radius 3 is 2.72 bits per heavy atom. The van der Waals surface area contributed by atoms with Crippen LogP contribution in [0.25, 0.3) is 10.2 Å². The largest absolute Gasteiger partial charge is 0.480 e. The van der Waals surface area contributed by atoms with Gasteiger partial charge in [-0.2, -0.15) is 4.72 Å². The quantitative estimate of drug-likeness (QED) is 0.875. The summed E-state index contributed by atoms with van der Waals surface area (Å²) in [5.74, 6) is -1.24. The molecule has 0 radical (unpaired) electrons. The first-order chi connectivity index (χ1) is 8.40. The normalized spacial score (nSPS) is 13.6. The number of rotatable bonds is 4. The van der Waals surface area contributed by atoms with E-state index in [2.05, 4.69) is 9.71 Å². The molecule has 2 rings (SSSR count). The fourth-order valence-electron chi connectivity index (χ4n) is 1.30. The fourth-order valence-corrected chi connectivity index (χ4v) is 3.73. The van der Waals surface area contributed by atoms with E-state index in [-0.39, 0.29) is 4.34 Å². The van der Waals surface area contributed by atoms with Crippen LogP contribution in [0.5, 0.6) is 0 Å². The minimum Gasteiger partial charge on any atom is -0.480 e. The summed E-state index contributed by atoms with van der Waals surface area (Å²) >= 11 is 1.00. The number of hydrogen-bond donors (Lipinski definition) is 2. The van der Waals surface area contributed by atoms with Crippen molar-refractivity contribution in [3.63, 3.8) is 0 Å². The maximum Gasteiger partial charge on any atom is 0.321 e. The van der Waals surface area contributed by atoms with Crippen LogP contribution in [-0.2, 0) is 14.8 Å². The first kappa shape index (κ1) is 12.9. The fraction of sp³-hybridized carbons (Fsp3) is 0.200. The van der Waals surface area contributed by atoms with E-state index >= 15 is 0 Å². The van der Waals surface area contributed by atoms with Crippen LogP contribution in [0.3, 0.4) is 0 Å². The van der Waals surface area contributed by atoms with Gasteiger partial charge in [0, 0.05) is 0 Å². The molecular formula is C10H10N2O4S2. The number of carboxylic acid groups (broad SMARTS) is 1. The molecule has 1 heterocycles. The lowest BCUT2D eigenvalue weighted by Gasteiger charge is -2.07. The van der Waals surface area contributed by atoms with Crippen LogP contribution in [-0.4, -0.2) is 30.5 Å². The van der Waals surface area contributed by atoms with Gasteiger partial charge in [-0.3, -0.25) is 4.79 Å². The van der Waals surface area contributed by atoms with Crippen molar-refractivity contribution in [3.8, 4) is 0 Å². The lowest BCUT2D eigenvalue weighted by molar-refractivity contribution is -0.138. The Bertz CT molecular complexity index is 660. The maximum absolute atomic E-state index is 11.9. The van der Waals surface area contributed by atoms with Gasteiger partial charge in [-0.25, -0.2) is 13.4 Å². The summed E-state index contributed by atoms with van der Waals surface area (Å²) in [5, 5.41) is 8.69. The number of aromatic nitrogens is 1. The zero-order valence-corrected chi connectivity index (χ0v) is 11.0. The van der Waals surface area contributed by atoms with Crippen molar-refractivity contribution in [3.05, 3.63) is 24.3 Å². The summed E-state index contributed by atoms with van der Waals surface area (Å²) in [5.41, 5.74) is 0.575. The molecule has 96 valence electrons. The molecule has 1 aromatic carbocycles. The second-order valence-corrected chi connectivity index (χ2v) is 6.55. The number of carboxylic acids is 1. The van der Waals surface area contributed by atoms with E-state index in [4.69, 9.17) is 5.11 Å². The van der Waals surface area contributed by atoms with Gasteiger partial charge in [-0.1, -0.05) is 12.1 Å². The zero-order valence-electron chi connectivity index (χ0n) is 9.32. The van der Waals surface area contributed by atoms with Crippen LogP contribution in [0.4, 0.5) is 0 Å². The van der Waals surface area contributed by atoms with E-state index in [0.29, 0.717) is 5.52 Å². The predicted molar refractivity (Wildman–Crippen MR) is 67.0 cm³/mol. The molecule has 0 spiro atoms. The van der Waals surface area contributed by atoms with E-state index in [1.807, 2.05) is 0 Å². The van der Waals surface area contributed by atoms with Crippen LogP contribution in [0.1, 0.15) is 6.92 Å². The summed E-state index contributed by atoms with van der Waals surface area (Å²) in [6.07, 6.45) is 0. The van der Waals surface area contributed by atoms with Gasteiger partial charge in [0.05, 0.1) is 10.2 Å². The monoisotopic (exact) mass is 286 g/mol. The Morgan fingerprint density at radius 1 is 1.44 bits per heavy atom. The van der Waals surface area contributed by atoms with Crippen LogP contribution in [0.2, 0.25) is 0 Å². The van der Waals surface area contributed by atoms with Gasteiger partial charge in [0.1, 0.15) is 6.04 Å². The average molecular weight is 286 g/mol. The number of aliphatic carboxylic acids is 1. The smallest absolute Gasteiger partial charge is 0.321 e. The topological polar surface area (TPSA) is 96.4 Å². The molecule has 8 heteroatoms. The second-order valence-electron chi connectivity index (χ2n) is 3.63. The zero-order chi connectivity index (χ0) is 13.3. The number of nitrogens with zero attached hydrogens (tertiary/aromatic N) is 1. The predicted octanol–water partition coefficient (Wildman–Crippen LogP) is 1.05. The van der Waals surface area contributed by atoms with Gasteiger partial charge in [-0.15, -0.1) is 11.3 Å². The summed E-state index contributed by atoms with van der Waals surface area (Å²) in [4.78, 5) is 14.6. The number of para-hydroxylation sites is 1. The van der Waals surface area contributed by atoms with Crippen molar-refractivity contribution in [1.29, 1.82) is 0 Å². The molecule has 0 fully saturated rings. The third kappa shape index (κ3) is 2.50. The highest BCUT2D eigenvalue weighted by Crippen LogP contribution is 2.24. The molecule has 0 saturated carbocycles. The number of hydrogen-bond acceptors (Lipinski definition) is 5. The van der Waals surface area contributed by atoms with Crippen molar-refractivity contribution >= 4 is 37.5 Å². The molecule has 0 saturated heterocycles. The second kappa shape index (κ2) is 4.63. The third-order valence-corrected chi connectivity index (χ3v) is 5.16. The number of nitrogens with one attached hydrogen (secondary N) is 1. The number of carbonyl (C=O) groups is 1. The summed E-state index contributed by atoms with van der Waals surface area (Å²) < 4.78 is 26.4. The van der Waals surface area contributed by atoms with Crippen LogP contribution in [0, 0.1) is 0 Å². The summed E-state index contributed by atoms with van der Waals surface area (Å²) in [7, 11) is -3.89.